The van der Waals surface area contributed by atoms with Crippen LogP contribution in [0.3, 0.4) is 0 Å². The molecule has 1 aliphatic heterocycles. The fourth-order valence-electron chi connectivity index (χ4n) is 4.18. The van der Waals surface area contributed by atoms with Gasteiger partial charge >= 0.3 is 11.6 Å². The van der Waals surface area contributed by atoms with Crippen molar-refractivity contribution in [1.82, 2.24) is 4.90 Å². The molecule has 33 heavy (non-hydrogen) atoms. The van der Waals surface area contributed by atoms with E-state index in [0.29, 0.717) is 37.4 Å². The molecule has 174 valence electrons. The molecule has 3 aromatic rings. The Labute approximate surface area is 192 Å². The summed E-state index contributed by atoms with van der Waals surface area (Å²) in [7, 11) is 1.66. The monoisotopic (exact) mass is 451 g/mol. The fourth-order valence-corrected chi connectivity index (χ4v) is 4.18. The van der Waals surface area contributed by atoms with Crippen LogP contribution in [-0.4, -0.2) is 37.9 Å². The number of hydrogen-bond donors (Lipinski definition) is 0. The van der Waals surface area contributed by atoms with E-state index in [1.54, 1.807) is 14.0 Å². The molecule has 0 bridgehead atoms. The van der Waals surface area contributed by atoms with Gasteiger partial charge in [0.25, 0.3) is 0 Å². The Hall–Kier alpha value is -3.32. The standard InChI is InChI=1S/C26H29NO6/c1-4-31-24(28)12-10-21-17(2)20-9-11-23-22(25(20)33-26(21)29)15-27(16-32-23)14-13-18-5-7-19(30-3)8-6-18/h5-9,11H,4,10,12-16H2,1-3H3. The second-order valence-corrected chi connectivity index (χ2v) is 8.14. The minimum Gasteiger partial charge on any atom is -0.497 e. The van der Waals surface area contributed by atoms with Crippen molar-refractivity contribution in [3.05, 3.63) is 69.1 Å². The maximum absolute atomic E-state index is 12.8. The SMILES string of the molecule is CCOC(=O)CCc1c(C)c2ccc3c(c2oc1=O)CN(CCc1ccc(OC)cc1)CO3. The molecule has 4 rings (SSSR count). The zero-order valence-electron chi connectivity index (χ0n) is 19.3. The molecule has 0 saturated heterocycles. The first-order valence-corrected chi connectivity index (χ1v) is 11.2. The Kier molecular flexibility index (Phi) is 6.99. The van der Waals surface area contributed by atoms with E-state index in [2.05, 4.69) is 17.0 Å². The van der Waals surface area contributed by atoms with Crippen LogP contribution in [0, 0.1) is 6.92 Å². The third kappa shape index (κ3) is 5.03. The van der Waals surface area contributed by atoms with Crippen molar-refractivity contribution in [3.63, 3.8) is 0 Å². The number of methoxy groups -OCH3 is 1. The molecule has 0 atom stereocenters. The van der Waals surface area contributed by atoms with Crippen molar-refractivity contribution >= 4 is 16.9 Å². The van der Waals surface area contributed by atoms with Gasteiger partial charge in [-0.05, 0) is 62.1 Å². The highest BCUT2D eigenvalue weighted by Crippen LogP contribution is 2.34. The Balaban J connectivity index is 1.53. The van der Waals surface area contributed by atoms with Gasteiger partial charge in [0.05, 0.1) is 19.3 Å². The van der Waals surface area contributed by atoms with Crippen LogP contribution in [0.15, 0.2) is 45.6 Å². The number of nitrogens with zero attached hydrogens (tertiary/aromatic N) is 1. The van der Waals surface area contributed by atoms with Crippen molar-refractivity contribution in [3.8, 4) is 11.5 Å². The molecule has 2 heterocycles. The van der Waals surface area contributed by atoms with E-state index in [1.165, 1.54) is 5.56 Å². The van der Waals surface area contributed by atoms with E-state index in [0.717, 1.165) is 41.0 Å². The molecule has 0 spiro atoms. The number of esters is 1. The van der Waals surface area contributed by atoms with Crippen LogP contribution in [0.5, 0.6) is 11.5 Å². The summed E-state index contributed by atoms with van der Waals surface area (Å²) in [5.74, 6) is 1.26. The Morgan fingerprint density at radius 2 is 1.91 bits per heavy atom. The lowest BCUT2D eigenvalue weighted by Crippen LogP contribution is -2.33. The molecule has 0 aliphatic carbocycles. The minimum absolute atomic E-state index is 0.151. The fraction of sp³-hybridized carbons (Fsp3) is 0.385. The Morgan fingerprint density at radius 3 is 2.64 bits per heavy atom. The quantitative estimate of drug-likeness (QED) is 0.378. The molecular weight excluding hydrogens is 422 g/mol. The third-order valence-electron chi connectivity index (χ3n) is 6.06. The van der Waals surface area contributed by atoms with Gasteiger partial charge in [-0.15, -0.1) is 0 Å². The van der Waals surface area contributed by atoms with Crippen molar-refractivity contribution < 1.29 is 23.4 Å². The summed E-state index contributed by atoms with van der Waals surface area (Å²) in [6.07, 6.45) is 1.32. The summed E-state index contributed by atoms with van der Waals surface area (Å²) >= 11 is 0. The van der Waals surface area contributed by atoms with E-state index in [1.807, 2.05) is 31.2 Å². The lowest BCUT2D eigenvalue weighted by atomic mass is 9.99. The lowest BCUT2D eigenvalue weighted by molar-refractivity contribution is -0.143. The summed E-state index contributed by atoms with van der Waals surface area (Å²) in [6.45, 7) is 5.91. The molecule has 7 heteroatoms. The summed E-state index contributed by atoms with van der Waals surface area (Å²) in [6, 6.07) is 11.9. The summed E-state index contributed by atoms with van der Waals surface area (Å²) in [5, 5.41) is 0.868. The molecule has 0 saturated carbocycles. The minimum atomic E-state index is -0.409. The number of fused-ring (bicyclic) bond motifs is 3. The van der Waals surface area contributed by atoms with Gasteiger partial charge in [-0.2, -0.15) is 0 Å². The van der Waals surface area contributed by atoms with E-state index in [-0.39, 0.29) is 12.4 Å². The predicted molar refractivity (Wildman–Crippen MR) is 125 cm³/mol. The van der Waals surface area contributed by atoms with Crippen molar-refractivity contribution in [1.29, 1.82) is 0 Å². The second kappa shape index (κ2) is 10.1. The lowest BCUT2D eigenvalue weighted by Gasteiger charge is -2.29. The number of carbonyl (C=O) groups excluding carboxylic acids is 1. The highest BCUT2D eigenvalue weighted by atomic mass is 16.5. The highest BCUT2D eigenvalue weighted by Gasteiger charge is 2.23. The predicted octanol–water partition coefficient (Wildman–Crippen LogP) is 4.00. The second-order valence-electron chi connectivity index (χ2n) is 8.14. The maximum Gasteiger partial charge on any atom is 0.339 e. The summed E-state index contributed by atoms with van der Waals surface area (Å²) < 4.78 is 21.9. The highest BCUT2D eigenvalue weighted by molar-refractivity contribution is 5.86. The van der Waals surface area contributed by atoms with Gasteiger partial charge < -0.3 is 18.6 Å². The molecule has 0 radical (unpaired) electrons. The zero-order valence-corrected chi connectivity index (χ0v) is 19.3. The Bertz CT molecular complexity index is 1200. The number of carbonyl (C=O) groups is 1. The zero-order chi connectivity index (χ0) is 23.4. The van der Waals surface area contributed by atoms with Crippen LogP contribution in [0.25, 0.3) is 11.0 Å². The number of benzene rings is 2. The van der Waals surface area contributed by atoms with E-state index < -0.39 is 5.63 Å². The van der Waals surface area contributed by atoms with E-state index in [9.17, 15) is 9.59 Å². The van der Waals surface area contributed by atoms with Crippen molar-refractivity contribution in [2.45, 2.75) is 39.7 Å². The first-order valence-electron chi connectivity index (χ1n) is 11.2. The summed E-state index contributed by atoms with van der Waals surface area (Å²) in [5.41, 5.74) is 3.60. The molecule has 2 aromatic carbocycles. The molecule has 7 nitrogen and oxygen atoms in total. The van der Waals surface area contributed by atoms with Gasteiger partial charge in [0.1, 0.15) is 23.8 Å². The topological polar surface area (TPSA) is 78.2 Å². The third-order valence-corrected chi connectivity index (χ3v) is 6.06. The van der Waals surface area contributed by atoms with E-state index in [4.69, 9.17) is 18.6 Å². The van der Waals surface area contributed by atoms with Crippen LogP contribution in [0.1, 0.15) is 35.6 Å². The van der Waals surface area contributed by atoms with Crippen LogP contribution in [0.4, 0.5) is 0 Å². The molecular formula is C26H29NO6. The Morgan fingerprint density at radius 1 is 1.12 bits per heavy atom. The molecule has 0 amide bonds. The van der Waals surface area contributed by atoms with Gasteiger partial charge in [0.15, 0.2) is 0 Å². The van der Waals surface area contributed by atoms with Crippen LogP contribution in [0.2, 0.25) is 0 Å². The van der Waals surface area contributed by atoms with Gasteiger partial charge in [-0.25, -0.2) is 4.79 Å². The van der Waals surface area contributed by atoms with Gasteiger partial charge in [0.2, 0.25) is 0 Å². The van der Waals surface area contributed by atoms with Gasteiger partial charge in [0, 0.05) is 30.5 Å². The summed E-state index contributed by atoms with van der Waals surface area (Å²) in [4.78, 5) is 26.7. The molecule has 0 fully saturated rings. The number of aryl methyl sites for hydroxylation is 1. The normalized spacial score (nSPS) is 13.4. The number of ether oxygens (including phenoxy) is 3. The van der Waals surface area contributed by atoms with Crippen LogP contribution >= 0.6 is 0 Å². The van der Waals surface area contributed by atoms with Gasteiger partial charge in [-0.1, -0.05) is 12.1 Å². The molecule has 0 N–H and O–H groups in total. The van der Waals surface area contributed by atoms with E-state index >= 15 is 0 Å². The molecule has 1 aliphatic rings. The van der Waals surface area contributed by atoms with Crippen LogP contribution < -0.4 is 15.1 Å². The largest absolute Gasteiger partial charge is 0.497 e. The molecule has 0 unspecified atom stereocenters. The average Bonchev–Trinajstić information content (AvgIpc) is 2.83. The van der Waals surface area contributed by atoms with Crippen molar-refractivity contribution in [2.75, 3.05) is 27.0 Å². The molecule has 1 aromatic heterocycles. The maximum atomic E-state index is 12.8. The first-order chi connectivity index (χ1) is 16.0. The number of hydrogen-bond acceptors (Lipinski definition) is 7. The first kappa shape index (κ1) is 22.9. The van der Waals surface area contributed by atoms with Crippen LogP contribution in [-0.2, 0) is 28.9 Å². The average molecular weight is 452 g/mol. The van der Waals surface area contributed by atoms with Gasteiger partial charge in [-0.3, -0.25) is 9.69 Å². The smallest absolute Gasteiger partial charge is 0.339 e. The van der Waals surface area contributed by atoms with Crippen molar-refractivity contribution in [2.24, 2.45) is 0 Å². The number of rotatable bonds is 8.